The zero-order valence-corrected chi connectivity index (χ0v) is 8.57. The molecule has 2 nitrogen and oxygen atoms in total. The molecule has 1 fully saturated rings. The molecule has 1 heterocycles. The van der Waals surface area contributed by atoms with Crippen LogP contribution in [-0.4, -0.2) is 18.5 Å². The second-order valence-corrected chi connectivity index (χ2v) is 3.95. The average Bonchev–Trinajstić information content (AvgIpc) is 2.65. The monoisotopic (exact) mass is 208 g/mol. The van der Waals surface area contributed by atoms with Crippen LogP contribution in [0.3, 0.4) is 0 Å². The summed E-state index contributed by atoms with van der Waals surface area (Å²) in [5, 5.41) is 0. The summed E-state index contributed by atoms with van der Waals surface area (Å²) >= 11 is 0. The molecule has 2 rings (SSSR count). The lowest BCUT2D eigenvalue weighted by atomic mass is 9.95. The molecule has 0 spiro atoms. The number of carbonyl (C=O) groups excluding carboxylic acids is 1. The summed E-state index contributed by atoms with van der Waals surface area (Å²) in [7, 11) is 0. The Balaban J connectivity index is 2.11. The summed E-state index contributed by atoms with van der Waals surface area (Å²) < 4.78 is 18.0. The van der Waals surface area contributed by atoms with Gasteiger partial charge < -0.3 is 4.74 Å². The van der Waals surface area contributed by atoms with Gasteiger partial charge in [-0.15, -0.1) is 0 Å². The Bertz CT molecular complexity index is 358. The van der Waals surface area contributed by atoms with Gasteiger partial charge in [-0.3, -0.25) is 4.79 Å². The van der Waals surface area contributed by atoms with Gasteiger partial charge in [0.1, 0.15) is 5.82 Å². The van der Waals surface area contributed by atoms with Crippen LogP contribution in [0.2, 0.25) is 0 Å². The Morgan fingerprint density at radius 2 is 2.07 bits per heavy atom. The van der Waals surface area contributed by atoms with Crippen molar-refractivity contribution in [1.82, 2.24) is 0 Å². The molecule has 0 saturated carbocycles. The number of rotatable bonds is 2. The molecule has 15 heavy (non-hydrogen) atoms. The fraction of sp³-hybridized carbons (Fsp3) is 0.417. The third-order valence-corrected chi connectivity index (χ3v) is 2.70. The Morgan fingerprint density at radius 3 is 2.60 bits per heavy atom. The Labute approximate surface area is 88.1 Å². The van der Waals surface area contributed by atoms with Crippen molar-refractivity contribution in [3.05, 3.63) is 35.6 Å². The Hall–Kier alpha value is -1.22. The summed E-state index contributed by atoms with van der Waals surface area (Å²) in [4.78, 5) is 11.9. The summed E-state index contributed by atoms with van der Waals surface area (Å²) in [6, 6.07) is 5.68. The lowest BCUT2D eigenvalue weighted by Gasteiger charge is -2.06. The third-order valence-electron chi connectivity index (χ3n) is 2.70. The number of hydrogen-bond acceptors (Lipinski definition) is 2. The topological polar surface area (TPSA) is 26.3 Å². The maximum atomic E-state index is 12.7. The normalized spacial score (nSPS) is 25.5. The maximum absolute atomic E-state index is 12.7. The highest BCUT2D eigenvalue weighted by Gasteiger charge is 2.28. The van der Waals surface area contributed by atoms with Crippen molar-refractivity contribution in [2.45, 2.75) is 19.4 Å². The van der Waals surface area contributed by atoms with E-state index < -0.39 is 0 Å². The molecule has 0 aliphatic carbocycles. The first-order valence-corrected chi connectivity index (χ1v) is 5.08. The molecule has 3 heteroatoms. The predicted molar refractivity (Wildman–Crippen MR) is 54.3 cm³/mol. The van der Waals surface area contributed by atoms with Gasteiger partial charge in [0.15, 0.2) is 5.78 Å². The molecule has 1 aromatic carbocycles. The second kappa shape index (κ2) is 4.11. The molecule has 2 unspecified atom stereocenters. The Kier molecular flexibility index (Phi) is 2.82. The smallest absolute Gasteiger partial charge is 0.168 e. The van der Waals surface area contributed by atoms with Crippen LogP contribution in [0, 0.1) is 11.7 Å². The fourth-order valence-corrected chi connectivity index (χ4v) is 1.85. The molecule has 0 radical (unpaired) electrons. The number of hydrogen-bond donors (Lipinski definition) is 0. The first kappa shape index (κ1) is 10.3. The fourth-order valence-electron chi connectivity index (χ4n) is 1.85. The van der Waals surface area contributed by atoms with Gasteiger partial charge in [-0.25, -0.2) is 4.39 Å². The highest BCUT2D eigenvalue weighted by molar-refractivity contribution is 5.98. The van der Waals surface area contributed by atoms with Gasteiger partial charge in [-0.2, -0.15) is 0 Å². The molecule has 1 aromatic rings. The highest BCUT2D eigenvalue weighted by Crippen LogP contribution is 2.23. The van der Waals surface area contributed by atoms with Gasteiger partial charge >= 0.3 is 0 Å². The van der Waals surface area contributed by atoms with Crippen molar-refractivity contribution in [1.29, 1.82) is 0 Å². The van der Waals surface area contributed by atoms with E-state index in [-0.39, 0.29) is 23.6 Å². The molecular formula is C12H13FO2. The van der Waals surface area contributed by atoms with Crippen LogP contribution in [-0.2, 0) is 4.74 Å². The maximum Gasteiger partial charge on any atom is 0.168 e. The zero-order chi connectivity index (χ0) is 10.8. The first-order valence-electron chi connectivity index (χ1n) is 5.08. The van der Waals surface area contributed by atoms with Gasteiger partial charge in [-0.1, -0.05) is 0 Å². The highest BCUT2D eigenvalue weighted by atomic mass is 19.1. The second-order valence-electron chi connectivity index (χ2n) is 3.95. The van der Waals surface area contributed by atoms with E-state index in [9.17, 15) is 9.18 Å². The van der Waals surface area contributed by atoms with E-state index in [1.807, 2.05) is 6.92 Å². The molecule has 0 amide bonds. The molecule has 0 N–H and O–H groups in total. The SMILES string of the molecule is CC1CC(C(=O)c2ccc(F)cc2)CO1. The number of Topliss-reactive ketones (excluding diaryl/α,β-unsaturated/α-hetero) is 1. The lowest BCUT2D eigenvalue weighted by molar-refractivity contribution is 0.0877. The van der Waals surface area contributed by atoms with Gasteiger partial charge in [0.05, 0.1) is 12.7 Å². The summed E-state index contributed by atoms with van der Waals surface area (Å²) in [6.07, 6.45) is 0.912. The van der Waals surface area contributed by atoms with Crippen molar-refractivity contribution >= 4 is 5.78 Å². The van der Waals surface area contributed by atoms with E-state index in [2.05, 4.69) is 0 Å². The van der Waals surface area contributed by atoms with Gasteiger partial charge in [-0.05, 0) is 37.6 Å². The number of halogens is 1. The molecule has 1 aliphatic rings. The molecule has 1 saturated heterocycles. The molecule has 0 aromatic heterocycles. The van der Waals surface area contributed by atoms with E-state index in [0.717, 1.165) is 6.42 Å². The average molecular weight is 208 g/mol. The summed E-state index contributed by atoms with van der Waals surface area (Å²) in [5.74, 6) is -0.326. The van der Waals surface area contributed by atoms with E-state index in [1.165, 1.54) is 24.3 Å². The van der Waals surface area contributed by atoms with Crippen molar-refractivity contribution in [2.75, 3.05) is 6.61 Å². The molecule has 1 aliphatic heterocycles. The minimum absolute atomic E-state index is 0.0550. The van der Waals surface area contributed by atoms with Crippen LogP contribution in [0.4, 0.5) is 4.39 Å². The number of carbonyl (C=O) groups is 1. The van der Waals surface area contributed by atoms with Gasteiger partial charge in [0.2, 0.25) is 0 Å². The van der Waals surface area contributed by atoms with E-state index in [1.54, 1.807) is 0 Å². The van der Waals surface area contributed by atoms with Gasteiger partial charge in [0.25, 0.3) is 0 Å². The first-order chi connectivity index (χ1) is 7.16. The predicted octanol–water partition coefficient (Wildman–Crippen LogP) is 2.43. The van der Waals surface area contributed by atoms with Crippen LogP contribution in [0.15, 0.2) is 24.3 Å². The van der Waals surface area contributed by atoms with E-state index in [4.69, 9.17) is 4.74 Å². The van der Waals surface area contributed by atoms with Crippen molar-refractivity contribution in [3.63, 3.8) is 0 Å². The minimum Gasteiger partial charge on any atom is -0.378 e. The van der Waals surface area contributed by atoms with Crippen LogP contribution in [0.5, 0.6) is 0 Å². The number of benzene rings is 1. The largest absolute Gasteiger partial charge is 0.378 e. The lowest BCUT2D eigenvalue weighted by Crippen LogP contribution is -2.14. The van der Waals surface area contributed by atoms with Crippen LogP contribution >= 0.6 is 0 Å². The molecular weight excluding hydrogens is 195 g/mol. The molecule has 2 atom stereocenters. The third kappa shape index (κ3) is 2.23. The van der Waals surface area contributed by atoms with E-state index in [0.29, 0.717) is 12.2 Å². The molecule has 0 bridgehead atoms. The van der Waals surface area contributed by atoms with E-state index >= 15 is 0 Å². The minimum atomic E-state index is -0.317. The zero-order valence-electron chi connectivity index (χ0n) is 8.57. The van der Waals surface area contributed by atoms with Crippen molar-refractivity contribution < 1.29 is 13.9 Å². The van der Waals surface area contributed by atoms with Crippen molar-refractivity contribution in [2.24, 2.45) is 5.92 Å². The summed E-state index contributed by atoms with van der Waals surface area (Å²) in [6.45, 7) is 2.44. The van der Waals surface area contributed by atoms with Crippen LogP contribution < -0.4 is 0 Å². The quantitative estimate of drug-likeness (QED) is 0.698. The van der Waals surface area contributed by atoms with Crippen LogP contribution in [0.1, 0.15) is 23.7 Å². The summed E-state index contributed by atoms with van der Waals surface area (Å²) in [5.41, 5.74) is 0.569. The van der Waals surface area contributed by atoms with Crippen LogP contribution in [0.25, 0.3) is 0 Å². The molecule has 80 valence electrons. The van der Waals surface area contributed by atoms with Crippen molar-refractivity contribution in [3.8, 4) is 0 Å². The van der Waals surface area contributed by atoms with Gasteiger partial charge in [0, 0.05) is 11.5 Å². The standard InChI is InChI=1S/C12H13FO2/c1-8-6-10(7-15-8)12(14)9-2-4-11(13)5-3-9/h2-5,8,10H,6-7H2,1H3. The number of ketones is 1. The number of ether oxygens (including phenoxy) is 1. The Morgan fingerprint density at radius 1 is 1.40 bits per heavy atom.